The molecule has 0 aliphatic rings. The van der Waals surface area contributed by atoms with Gasteiger partial charge in [0.1, 0.15) is 13.1 Å². The molecule has 6 nitrogen and oxygen atoms in total. The largest absolute Gasteiger partial charge is 0.406 e. The smallest absolute Gasteiger partial charge is 0.269 e. The van der Waals surface area contributed by atoms with E-state index >= 15 is 0 Å². The first-order chi connectivity index (χ1) is 19.8. The minimum Gasteiger partial charge on any atom is -0.269 e. The zero-order valence-electron chi connectivity index (χ0n) is 21.0. The summed E-state index contributed by atoms with van der Waals surface area (Å²) in [5, 5.41) is -3.00. The lowest BCUT2D eigenvalue weighted by molar-refractivity contribution is -0.142. The maximum absolute atomic E-state index is 13.4. The number of aromatic nitrogens is 2. The van der Waals surface area contributed by atoms with Gasteiger partial charge in [-0.2, -0.15) is 26.3 Å². The number of nitrogens with zero attached hydrogens (tertiary/aromatic N) is 2. The van der Waals surface area contributed by atoms with Crippen molar-refractivity contribution in [2.45, 2.75) is 25.4 Å². The Labute approximate surface area is 230 Å². The topological polar surface area (TPSA) is 78.1 Å². The number of halogens is 6. The van der Waals surface area contributed by atoms with Crippen molar-refractivity contribution in [2.75, 3.05) is 0 Å². The molecule has 0 aliphatic carbocycles. The third kappa shape index (κ3) is 5.22. The second-order valence-electron chi connectivity index (χ2n) is 9.11. The quantitative estimate of drug-likeness (QED) is 0.235. The van der Waals surface area contributed by atoms with E-state index in [9.17, 15) is 45.5 Å². The first-order valence-corrected chi connectivity index (χ1v) is 12.0. The third-order valence-corrected chi connectivity index (χ3v) is 6.22. The van der Waals surface area contributed by atoms with E-state index in [1.165, 1.54) is 24.3 Å². The minimum absolute atomic E-state index is 0.121. The van der Waals surface area contributed by atoms with Crippen LogP contribution in [0.4, 0.5) is 26.3 Å². The van der Waals surface area contributed by atoms with Crippen LogP contribution in [0.1, 0.15) is 22.3 Å². The van der Waals surface area contributed by atoms with Gasteiger partial charge in [0, 0.05) is 11.1 Å². The van der Waals surface area contributed by atoms with Crippen LogP contribution in [0, 0.1) is 23.7 Å². The zero-order chi connectivity index (χ0) is 30.4. The molecule has 210 valence electrons. The van der Waals surface area contributed by atoms with E-state index in [-0.39, 0.29) is 9.13 Å². The summed E-state index contributed by atoms with van der Waals surface area (Å²) in [6.45, 7) is -3.99. The van der Waals surface area contributed by atoms with Gasteiger partial charge in [0.15, 0.2) is 0 Å². The summed E-state index contributed by atoms with van der Waals surface area (Å²) >= 11 is 0. The monoisotopic (exact) mass is 580 g/mol. The van der Waals surface area contributed by atoms with Crippen LogP contribution in [0.3, 0.4) is 0 Å². The summed E-state index contributed by atoms with van der Waals surface area (Å²) in [7, 11) is 0. The molecule has 0 N–H and O–H groups in total. The van der Waals surface area contributed by atoms with Crippen molar-refractivity contribution >= 4 is 21.5 Å². The Morgan fingerprint density at radius 2 is 0.762 bits per heavy atom. The molecule has 0 fully saturated rings. The standard InChI is InChI=1S/C30H14F6N2O4/c31-29(32,33)15-37-25(39)21-19(13-11-17-7-3-1-4-8-17)22-24(28(42)38(26(22)40)16-30(34,35)36)20(23(21)27(37)41)14-12-18-9-5-2-6-10-18/h1-10H,15-16H2. The van der Waals surface area contributed by atoms with Gasteiger partial charge in [0.25, 0.3) is 22.2 Å². The van der Waals surface area contributed by atoms with E-state index in [4.69, 9.17) is 0 Å². The molecular formula is C30H14F6N2O4. The summed E-state index contributed by atoms with van der Waals surface area (Å²) in [5.41, 5.74) is -6.59. The molecule has 0 aliphatic heterocycles. The number of hydrogen-bond acceptors (Lipinski definition) is 4. The molecule has 0 spiro atoms. The van der Waals surface area contributed by atoms with Gasteiger partial charge in [-0.15, -0.1) is 0 Å². The van der Waals surface area contributed by atoms with Gasteiger partial charge >= 0.3 is 12.4 Å². The Bertz CT molecular complexity index is 1960. The average molecular weight is 580 g/mol. The lowest BCUT2D eigenvalue weighted by Gasteiger charge is -2.04. The molecule has 0 saturated carbocycles. The van der Waals surface area contributed by atoms with E-state index in [0.29, 0.717) is 11.1 Å². The summed E-state index contributed by atoms with van der Waals surface area (Å²) in [6, 6.07) is 15.7. The van der Waals surface area contributed by atoms with Crippen molar-refractivity contribution in [3.8, 4) is 23.7 Å². The molecule has 42 heavy (non-hydrogen) atoms. The number of alkyl halides is 6. The molecule has 0 amide bonds. The molecule has 5 aromatic rings. The molecule has 5 rings (SSSR count). The lowest BCUT2D eigenvalue weighted by atomic mass is 9.96. The highest BCUT2D eigenvalue weighted by atomic mass is 19.4. The molecule has 0 radical (unpaired) electrons. The molecule has 3 aromatic carbocycles. The van der Waals surface area contributed by atoms with Crippen LogP contribution in [-0.2, 0) is 13.1 Å². The van der Waals surface area contributed by atoms with Gasteiger partial charge < -0.3 is 0 Å². The molecule has 2 heterocycles. The van der Waals surface area contributed by atoms with E-state index in [0.717, 1.165) is 0 Å². The Hall–Kier alpha value is -5.36. The van der Waals surface area contributed by atoms with E-state index < -0.39 is 80.4 Å². The lowest BCUT2D eigenvalue weighted by Crippen LogP contribution is -2.33. The Kier molecular flexibility index (Phi) is 6.87. The van der Waals surface area contributed by atoms with Gasteiger partial charge in [-0.05, 0) is 24.3 Å². The number of benzene rings is 3. The SMILES string of the molecule is O=c1c2c(C#Cc3ccccc3)c3c(=O)n(CC(F)(F)F)c(=O)c3c(C#Cc3ccccc3)c2c(=O)n1CC(F)(F)F. The van der Waals surface area contributed by atoms with E-state index in [1.54, 1.807) is 36.4 Å². The van der Waals surface area contributed by atoms with Crippen molar-refractivity contribution in [1.82, 2.24) is 9.13 Å². The second-order valence-corrected chi connectivity index (χ2v) is 9.11. The molecule has 0 saturated heterocycles. The van der Waals surface area contributed by atoms with Crippen molar-refractivity contribution in [3.63, 3.8) is 0 Å². The first-order valence-electron chi connectivity index (χ1n) is 12.0. The summed E-state index contributed by atoms with van der Waals surface area (Å²) < 4.78 is 79.9. The zero-order valence-corrected chi connectivity index (χ0v) is 21.0. The fourth-order valence-electron chi connectivity index (χ4n) is 4.54. The number of rotatable bonds is 2. The molecular weight excluding hydrogens is 566 g/mol. The highest BCUT2D eigenvalue weighted by Crippen LogP contribution is 2.28. The molecule has 0 atom stereocenters. The number of fused-ring (bicyclic) bond motifs is 2. The van der Waals surface area contributed by atoms with Gasteiger partial charge in [-0.25, -0.2) is 0 Å². The van der Waals surface area contributed by atoms with Crippen LogP contribution in [0.5, 0.6) is 0 Å². The fourth-order valence-corrected chi connectivity index (χ4v) is 4.54. The van der Waals surface area contributed by atoms with Crippen molar-refractivity contribution in [1.29, 1.82) is 0 Å². The molecule has 2 aromatic heterocycles. The van der Waals surface area contributed by atoms with Crippen molar-refractivity contribution in [3.05, 3.63) is 124 Å². The normalized spacial score (nSPS) is 11.8. The molecule has 0 bridgehead atoms. The fraction of sp³-hybridized carbons (Fsp3) is 0.133. The maximum Gasteiger partial charge on any atom is 0.406 e. The summed E-state index contributed by atoms with van der Waals surface area (Å²) in [4.78, 5) is 53.4. The van der Waals surface area contributed by atoms with Crippen LogP contribution in [-0.4, -0.2) is 21.5 Å². The summed E-state index contributed by atoms with van der Waals surface area (Å²) in [6.07, 6.45) is -10.0. The molecule has 0 unspecified atom stereocenters. The van der Waals surface area contributed by atoms with Gasteiger partial charge in [0.2, 0.25) is 0 Å². The highest BCUT2D eigenvalue weighted by molar-refractivity contribution is 6.09. The maximum atomic E-state index is 13.4. The van der Waals surface area contributed by atoms with E-state index in [1.807, 2.05) is 0 Å². The Morgan fingerprint density at radius 3 is 1.02 bits per heavy atom. The summed E-state index contributed by atoms with van der Waals surface area (Å²) in [5.74, 6) is 10.1. The third-order valence-electron chi connectivity index (χ3n) is 6.22. The van der Waals surface area contributed by atoms with Crippen LogP contribution < -0.4 is 22.2 Å². The predicted octanol–water partition coefficient (Wildman–Crippen LogP) is 3.84. The van der Waals surface area contributed by atoms with Gasteiger partial charge in [-0.1, -0.05) is 60.1 Å². The Morgan fingerprint density at radius 1 is 0.476 bits per heavy atom. The highest BCUT2D eigenvalue weighted by Gasteiger charge is 2.36. The first kappa shape index (κ1) is 28.2. The second kappa shape index (κ2) is 10.2. The van der Waals surface area contributed by atoms with Crippen LogP contribution in [0.25, 0.3) is 21.5 Å². The van der Waals surface area contributed by atoms with Crippen LogP contribution in [0.15, 0.2) is 79.8 Å². The van der Waals surface area contributed by atoms with Crippen LogP contribution in [0.2, 0.25) is 0 Å². The molecule has 12 heteroatoms. The van der Waals surface area contributed by atoms with Crippen molar-refractivity contribution < 1.29 is 26.3 Å². The van der Waals surface area contributed by atoms with E-state index in [2.05, 4.69) is 23.7 Å². The van der Waals surface area contributed by atoms with Gasteiger partial charge in [-0.3, -0.25) is 28.3 Å². The average Bonchev–Trinajstić information content (AvgIpc) is 3.31. The van der Waals surface area contributed by atoms with Crippen molar-refractivity contribution in [2.24, 2.45) is 0 Å². The van der Waals surface area contributed by atoms with Crippen LogP contribution >= 0.6 is 0 Å². The van der Waals surface area contributed by atoms with Gasteiger partial charge in [0.05, 0.1) is 32.7 Å². The Balaban J connectivity index is 2.02. The predicted molar refractivity (Wildman–Crippen MR) is 142 cm³/mol. The minimum atomic E-state index is -5.02. The number of hydrogen-bond donors (Lipinski definition) is 0.